The third kappa shape index (κ3) is 3.04. The Hall–Kier alpha value is -2.54. The first-order valence-electron chi connectivity index (χ1n) is 6.92. The van der Waals surface area contributed by atoms with E-state index >= 15 is 0 Å². The lowest BCUT2D eigenvalue weighted by molar-refractivity contribution is 0.0907. The normalized spacial score (nSPS) is 14.5. The van der Waals surface area contributed by atoms with Gasteiger partial charge in [0.25, 0.3) is 5.91 Å². The van der Waals surface area contributed by atoms with Crippen molar-refractivity contribution in [1.29, 1.82) is 0 Å². The van der Waals surface area contributed by atoms with Crippen molar-refractivity contribution < 1.29 is 23.9 Å². The number of benzene rings is 1. The predicted octanol–water partition coefficient (Wildman–Crippen LogP) is 1.22. The second-order valence-corrected chi connectivity index (χ2v) is 4.95. The van der Waals surface area contributed by atoms with E-state index in [4.69, 9.17) is 14.0 Å². The summed E-state index contributed by atoms with van der Waals surface area (Å²) in [4.78, 5) is 11.8. The average Bonchev–Trinajstić information content (AvgIpc) is 2.98. The summed E-state index contributed by atoms with van der Waals surface area (Å²) in [5.74, 6) is 1.41. The quantitative estimate of drug-likeness (QED) is 0.882. The van der Waals surface area contributed by atoms with Gasteiger partial charge in [-0.25, -0.2) is 0 Å². The Morgan fingerprint density at radius 2 is 2.09 bits per heavy atom. The second-order valence-electron chi connectivity index (χ2n) is 4.95. The SMILES string of the molecule is Cc1cc(C(=O)NCC(O)c2ccc3c(c2)OCCO3)no1. The molecule has 1 amide bonds. The Balaban J connectivity index is 1.62. The first-order chi connectivity index (χ1) is 10.6. The number of carbonyl (C=O) groups excluding carboxylic acids is 1. The molecule has 0 saturated carbocycles. The van der Waals surface area contributed by atoms with E-state index in [1.165, 1.54) is 6.07 Å². The molecule has 0 fully saturated rings. The van der Waals surface area contributed by atoms with E-state index in [0.717, 1.165) is 0 Å². The van der Waals surface area contributed by atoms with Crippen LogP contribution in [0.2, 0.25) is 0 Å². The van der Waals surface area contributed by atoms with E-state index in [9.17, 15) is 9.90 Å². The first-order valence-corrected chi connectivity index (χ1v) is 6.92. The van der Waals surface area contributed by atoms with Gasteiger partial charge in [-0.3, -0.25) is 4.79 Å². The zero-order valence-electron chi connectivity index (χ0n) is 12.0. The largest absolute Gasteiger partial charge is 0.486 e. The maximum Gasteiger partial charge on any atom is 0.273 e. The van der Waals surface area contributed by atoms with Gasteiger partial charge >= 0.3 is 0 Å². The zero-order chi connectivity index (χ0) is 15.5. The molecule has 3 rings (SSSR count). The molecule has 0 saturated heterocycles. The van der Waals surface area contributed by atoms with Crippen molar-refractivity contribution in [3.63, 3.8) is 0 Å². The Bertz CT molecular complexity index is 682. The zero-order valence-corrected chi connectivity index (χ0v) is 12.0. The van der Waals surface area contributed by atoms with Crippen LogP contribution in [0.25, 0.3) is 0 Å². The minimum atomic E-state index is -0.854. The molecule has 2 aromatic rings. The molecule has 1 unspecified atom stereocenters. The Morgan fingerprint density at radius 3 is 2.82 bits per heavy atom. The lowest BCUT2D eigenvalue weighted by Gasteiger charge is -2.20. The lowest BCUT2D eigenvalue weighted by atomic mass is 10.1. The number of aromatic nitrogens is 1. The molecule has 1 atom stereocenters. The smallest absolute Gasteiger partial charge is 0.273 e. The van der Waals surface area contributed by atoms with Crippen LogP contribution in [0, 0.1) is 6.92 Å². The van der Waals surface area contributed by atoms with Gasteiger partial charge in [-0.05, 0) is 24.6 Å². The molecular formula is C15H16N2O5. The molecule has 22 heavy (non-hydrogen) atoms. The highest BCUT2D eigenvalue weighted by Crippen LogP contribution is 2.32. The minimum absolute atomic E-state index is 0.0599. The van der Waals surface area contributed by atoms with E-state index in [1.807, 2.05) is 0 Å². The number of aliphatic hydroxyl groups excluding tert-OH is 1. The molecule has 2 heterocycles. The van der Waals surface area contributed by atoms with Gasteiger partial charge in [0.15, 0.2) is 17.2 Å². The second kappa shape index (κ2) is 6.07. The summed E-state index contributed by atoms with van der Waals surface area (Å²) in [5.41, 5.74) is 0.827. The molecule has 116 valence electrons. The van der Waals surface area contributed by atoms with Crippen molar-refractivity contribution in [2.45, 2.75) is 13.0 Å². The molecule has 0 radical (unpaired) electrons. The van der Waals surface area contributed by atoms with Gasteiger partial charge in [-0.2, -0.15) is 0 Å². The number of hydrogen-bond acceptors (Lipinski definition) is 6. The number of hydrogen-bond donors (Lipinski definition) is 2. The highest BCUT2D eigenvalue weighted by molar-refractivity contribution is 5.92. The Morgan fingerprint density at radius 1 is 1.32 bits per heavy atom. The molecular weight excluding hydrogens is 288 g/mol. The average molecular weight is 304 g/mol. The van der Waals surface area contributed by atoms with E-state index in [2.05, 4.69) is 10.5 Å². The third-order valence-electron chi connectivity index (χ3n) is 3.27. The van der Waals surface area contributed by atoms with Crippen LogP contribution in [-0.2, 0) is 0 Å². The van der Waals surface area contributed by atoms with Gasteiger partial charge in [-0.15, -0.1) is 0 Å². The topological polar surface area (TPSA) is 93.8 Å². The fourth-order valence-corrected chi connectivity index (χ4v) is 2.14. The van der Waals surface area contributed by atoms with E-state index in [-0.39, 0.29) is 12.2 Å². The van der Waals surface area contributed by atoms with Crippen molar-refractivity contribution in [2.24, 2.45) is 0 Å². The van der Waals surface area contributed by atoms with Crippen molar-refractivity contribution in [3.05, 3.63) is 41.3 Å². The molecule has 2 N–H and O–H groups in total. The summed E-state index contributed by atoms with van der Waals surface area (Å²) < 4.78 is 15.7. The molecule has 0 aliphatic carbocycles. The van der Waals surface area contributed by atoms with Gasteiger partial charge in [-0.1, -0.05) is 11.2 Å². The fraction of sp³-hybridized carbons (Fsp3) is 0.333. The van der Waals surface area contributed by atoms with Crippen LogP contribution in [0.5, 0.6) is 11.5 Å². The first kappa shape index (κ1) is 14.4. The lowest BCUT2D eigenvalue weighted by Crippen LogP contribution is -2.28. The van der Waals surface area contributed by atoms with Gasteiger partial charge in [0, 0.05) is 12.6 Å². The van der Waals surface area contributed by atoms with Crippen LogP contribution >= 0.6 is 0 Å². The summed E-state index contributed by atoms with van der Waals surface area (Å²) in [6.45, 7) is 2.76. The Kier molecular flexibility index (Phi) is 3.97. The van der Waals surface area contributed by atoms with Gasteiger partial charge in [0.2, 0.25) is 0 Å². The molecule has 7 heteroatoms. The number of carbonyl (C=O) groups is 1. The number of nitrogens with zero attached hydrogens (tertiary/aromatic N) is 1. The van der Waals surface area contributed by atoms with Gasteiger partial charge in [0.05, 0.1) is 6.10 Å². The minimum Gasteiger partial charge on any atom is -0.486 e. The number of amides is 1. The van der Waals surface area contributed by atoms with Crippen LogP contribution < -0.4 is 14.8 Å². The summed E-state index contributed by atoms with van der Waals surface area (Å²) >= 11 is 0. The number of nitrogens with one attached hydrogen (secondary N) is 1. The fourth-order valence-electron chi connectivity index (χ4n) is 2.14. The summed E-state index contributed by atoms with van der Waals surface area (Å²) in [5, 5.41) is 16.4. The third-order valence-corrected chi connectivity index (χ3v) is 3.27. The van der Waals surface area contributed by atoms with Gasteiger partial charge in [0.1, 0.15) is 19.0 Å². The molecule has 1 aliphatic heterocycles. The van der Waals surface area contributed by atoms with Crippen LogP contribution in [0.1, 0.15) is 27.9 Å². The summed E-state index contributed by atoms with van der Waals surface area (Å²) in [7, 11) is 0. The maximum absolute atomic E-state index is 11.8. The standard InChI is InChI=1S/C15H16N2O5/c1-9-6-11(17-22-9)15(19)16-8-12(18)10-2-3-13-14(7-10)21-5-4-20-13/h2-3,6-7,12,18H,4-5,8H2,1H3,(H,16,19). The molecule has 0 bridgehead atoms. The van der Waals surface area contributed by atoms with E-state index in [1.54, 1.807) is 25.1 Å². The molecule has 7 nitrogen and oxygen atoms in total. The summed E-state index contributed by atoms with van der Waals surface area (Å²) in [6, 6.07) is 6.73. The van der Waals surface area contributed by atoms with E-state index < -0.39 is 12.0 Å². The number of fused-ring (bicyclic) bond motifs is 1. The van der Waals surface area contributed by atoms with Crippen LogP contribution in [0.15, 0.2) is 28.8 Å². The highest BCUT2D eigenvalue weighted by Gasteiger charge is 2.17. The van der Waals surface area contributed by atoms with Crippen molar-refractivity contribution in [3.8, 4) is 11.5 Å². The van der Waals surface area contributed by atoms with Crippen molar-refractivity contribution in [1.82, 2.24) is 10.5 Å². The number of aliphatic hydroxyl groups is 1. The van der Waals surface area contributed by atoms with E-state index in [0.29, 0.717) is 36.0 Å². The van der Waals surface area contributed by atoms with Gasteiger partial charge < -0.3 is 24.4 Å². The number of ether oxygens (including phenoxy) is 2. The van der Waals surface area contributed by atoms with Crippen molar-refractivity contribution in [2.75, 3.05) is 19.8 Å². The monoisotopic (exact) mass is 304 g/mol. The molecule has 1 aromatic carbocycles. The highest BCUT2D eigenvalue weighted by atomic mass is 16.6. The number of rotatable bonds is 4. The molecule has 1 aliphatic rings. The maximum atomic E-state index is 11.8. The molecule has 0 spiro atoms. The van der Waals surface area contributed by atoms with Crippen LogP contribution in [0.3, 0.4) is 0 Å². The summed E-state index contributed by atoms with van der Waals surface area (Å²) in [6.07, 6.45) is -0.854. The molecule has 1 aromatic heterocycles. The van der Waals surface area contributed by atoms with Crippen molar-refractivity contribution >= 4 is 5.91 Å². The predicted molar refractivity (Wildman–Crippen MR) is 76.0 cm³/mol. The van der Waals surface area contributed by atoms with Crippen LogP contribution in [-0.4, -0.2) is 35.9 Å². The number of aryl methyl sites for hydroxylation is 1. The van der Waals surface area contributed by atoms with Crippen LogP contribution in [0.4, 0.5) is 0 Å². The Labute approximate surface area is 126 Å².